The summed E-state index contributed by atoms with van der Waals surface area (Å²) in [5.74, 6) is -4.27. The maximum absolute atomic E-state index is 14.3. The molecule has 138 valence electrons. The normalized spacial score (nSPS) is 33.3. The van der Waals surface area contributed by atoms with Crippen LogP contribution in [0.4, 0.5) is 18.9 Å². The fraction of sp³-hybridized carbons (Fsp3) is 0.474. The highest BCUT2D eigenvalue weighted by molar-refractivity contribution is 6.25. The zero-order chi connectivity index (χ0) is 19.0. The number of fused-ring (bicyclic) bond motifs is 5. The summed E-state index contributed by atoms with van der Waals surface area (Å²) in [6, 6.07) is 5.92. The van der Waals surface area contributed by atoms with Gasteiger partial charge in [0.15, 0.2) is 5.41 Å². The van der Waals surface area contributed by atoms with Crippen LogP contribution >= 0.6 is 0 Å². The number of hydrogen-bond acceptors (Lipinski definition) is 3. The van der Waals surface area contributed by atoms with E-state index in [1.54, 1.807) is 13.8 Å². The van der Waals surface area contributed by atoms with Gasteiger partial charge in [-0.05, 0) is 50.5 Å². The molecule has 0 aromatic heterocycles. The summed E-state index contributed by atoms with van der Waals surface area (Å²) in [6.45, 7) is 3.42. The van der Waals surface area contributed by atoms with Crippen molar-refractivity contribution in [2.24, 2.45) is 23.2 Å². The second kappa shape index (κ2) is 5.11. The molecule has 4 nitrogen and oxygen atoms in total. The number of methoxy groups -OCH3 is 1. The lowest BCUT2D eigenvalue weighted by atomic mass is 9.65. The monoisotopic (exact) mass is 365 g/mol. The molecule has 1 saturated carbocycles. The number of nitrogens with zero attached hydrogens (tertiary/aromatic N) is 1. The van der Waals surface area contributed by atoms with Crippen LogP contribution in [0.2, 0.25) is 0 Å². The van der Waals surface area contributed by atoms with Crippen molar-refractivity contribution in [3.05, 3.63) is 35.4 Å². The van der Waals surface area contributed by atoms with Crippen LogP contribution in [-0.4, -0.2) is 25.1 Å². The molecule has 1 aromatic carbocycles. The SMILES string of the molecule is COc1ccc(N2C(=O)[C@H]3[C@@H]4C[C@H](C(C)=C4C)[C@@]3(C(F)(F)F)C2=O)cc1. The number of imide groups is 1. The first-order chi connectivity index (χ1) is 12.2. The molecule has 2 amide bonds. The number of ether oxygens (including phenoxy) is 1. The number of amides is 2. The molecule has 0 spiro atoms. The van der Waals surface area contributed by atoms with Gasteiger partial charge in [-0.1, -0.05) is 11.1 Å². The van der Waals surface area contributed by atoms with Gasteiger partial charge in [0.2, 0.25) is 5.91 Å². The molecule has 0 unspecified atom stereocenters. The Morgan fingerprint density at radius 2 is 1.73 bits per heavy atom. The van der Waals surface area contributed by atoms with E-state index < -0.39 is 41.2 Å². The van der Waals surface area contributed by atoms with Gasteiger partial charge in [-0.15, -0.1) is 0 Å². The van der Waals surface area contributed by atoms with Crippen molar-refractivity contribution in [2.75, 3.05) is 12.0 Å². The Morgan fingerprint density at radius 3 is 2.27 bits per heavy atom. The molecule has 1 aromatic rings. The number of alkyl halides is 3. The predicted molar refractivity (Wildman–Crippen MR) is 87.4 cm³/mol. The van der Waals surface area contributed by atoms with E-state index in [1.807, 2.05) is 0 Å². The van der Waals surface area contributed by atoms with E-state index in [-0.39, 0.29) is 12.1 Å². The third kappa shape index (κ3) is 1.76. The van der Waals surface area contributed by atoms with E-state index in [4.69, 9.17) is 4.74 Å². The molecular formula is C19H18F3NO3. The summed E-state index contributed by atoms with van der Waals surface area (Å²) in [5, 5.41) is 0. The number of halogens is 3. The van der Waals surface area contributed by atoms with Gasteiger partial charge in [0.05, 0.1) is 18.7 Å². The van der Waals surface area contributed by atoms with Gasteiger partial charge < -0.3 is 4.74 Å². The number of carbonyl (C=O) groups is 2. The minimum absolute atomic E-state index is 0.147. The van der Waals surface area contributed by atoms with Crippen molar-refractivity contribution in [2.45, 2.75) is 26.4 Å². The van der Waals surface area contributed by atoms with Gasteiger partial charge in [-0.2, -0.15) is 13.2 Å². The van der Waals surface area contributed by atoms with Gasteiger partial charge in [-0.25, -0.2) is 4.90 Å². The number of rotatable bonds is 2. The number of carbonyl (C=O) groups excluding carboxylic acids is 2. The Balaban J connectivity index is 1.87. The lowest BCUT2D eigenvalue weighted by Gasteiger charge is -2.38. The van der Waals surface area contributed by atoms with Gasteiger partial charge in [-0.3, -0.25) is 9.59 Å². The van der Waals surface area contributed by atoms with Crippen LogP contribution in [-0.2, 0) is 9.59 Å². The van der Waals surface area contributed by atoms with Crippen molar-refractivity contribution in [1.82, 2.24) is 0 Å². The molecule has 4 atom stereocenters. The molecule has 0 N–H and O–H groups in total. The summed E-state index contributed by atoms with van der Waals surface area (Å²) in [5.41, 5.74) is -1.08. The average Bonchev–Trinajstić information content (AvgIpc) is 3.17. The highest BCUT2D eigenvalue weighted by Crippen LogP contribution is 2.70. The molecule has 4 rings (SSSR count). The highest BCUT2D eigenvalue weighted by atomic mass is 19.4. The largest absolute Gasteiger partial charge is 0.497 e. The molecule has 1 heterocycles. The van der Waals surface area contributed by atoms with Crippen LogP contribution in [0, 0.1) is 23.2 Å². The Bertz CT molecular complexity index is 843. The van der Waals surface area contributed by atoms with Crippen molar-refractivity contribution in [3.8, 4) is 5.75 Å². The summed E-state index contributed by atoms with van der Waals surface area (Å²) in [7, 11) is 1.46. The number of hydrogen-bond donors (Lipinski definition) is 0. The molecule has 2 bridgehead atoms. The van der Waals surface area contributed by atoms with E-state index >= 15 is 0 Å². The Kier molecular flexibility index (Phi) is 3.37. The average molecular weight is 365 g/mol. The molecule has 0 radical (unpaired) electrons. The maximum atomic E-state index is 14.3. The molecule has 1 aliphatic heterocycles. The summed E-state index contributed by atoms with van der Waals surface area (Å²) in [6.07, 6.45) is -4.57. The first kappa shape index (κ1) is 17.1. The number of anilines is 1. The summed E-state index contributed by atoms with van der Waals surface area (Å²) < 4.78 is 47.8. The molecule has 3 aliphatic rings. The standard InChI is InChI=1S/C19H18F3NO3/c1-9-10(2)14-8-13(9)15-16(24)23(11-4-6-12(26-3)7-5-11)17(25)18(14,15)19(20,21)22/h4-7,13-15H,8H2,1-3H3/t13-,14-,15-,18+/m1/s1. The Hall–Kier alpha value is -2.31. The molecule has 7 heteroatoms. The number of benzene rings is 1. The smallest absolute Gasteiger partial charge is 0.404 e. The van der Waals surface area contributed by atoms with E-state index in [2.05, 4.69) is 0 Å². The third-order valence-electron chi connectivity index (χ3n) is 6.48. The minimum Gasteiger partial charge on any atom is -0.497 e. The fourth-order valence-electron chi connectivity index (χ4n) is 5.17. The van der Waals surface area contributed by atoms with Crippen molar-refractivity contribution < 1.29 is 27.5 Å². The Labute approximate surface area is 148 Å². The first-order valence-corrected chi connectivity index (χ1v) is 8.42. The zero-order valence-electron chi connectivity index (χ0n) is 14.6. The molecule has 2 fully saturated rings. The van der Waals surface area contributed by atoms with Gasteiger partial charge in [0.1, 0.15) is 5.75 Å². The molecule has 26 heavy (non-hydrogen) atoms. The molecule has 1 saturated heterocycles. The lowest BCUT2D eigenvalue weighted by molar-refractivity contribution is -0.234. The first-order valence-electron chi connectivity index (χ1n) is 8.42. The van der Waals surface area contributed by atoms with Crippen LogP contribution in [0.25, 0.3) is 0 Å². The Morgan fingerprint density at radius 1 is 1.12 bits per heavy atom. The lowest BCUT2D eigenvalue weighted by Crippen LogP contribution is -2.52. The third-order valence-corrected chi connectivity index (χ3v) is 6.48. The zero-order valence-corrected chi connectivity index (χ0v) is 14.6. The second-order valence-electron chi connectivity index (χ2n) is 7.28. The van der Waals surface area contributed by atoms with Gasteiger partial charge >= 0.3 is 6.18 Å². The second-order valence-corrected chi connectivity index (χ2v) is 7.28. The van der Waals surface area contributed by atoms with Crippen LogP contribution in [0.1, 0.15) is 20.3 Å². The summed E-state index contributed by atoms with van der Waals surface area (Å²) >= 11 is 0. The topological polar surface area (TPSA) is 46.6 Å². The summed E-state index contributed by atoms with van der Waals surface area (Å²) in [4.78, 5) is 26.8. The van der Waals surface area contributed by atoms with Crippen LogP contribution in [0.3, 0.4) is 0 Å². The van der Waals surface area contributed by atoms with E-state index in [0.717, 1.165) is 10.5 Å². The molecular weight excluding hydrogens is 347 g/mol. The number of allylic oxidation sites excluding steroid dienone is 2. The van der Waals surface area contributed by atoms with E-state index in [1.165, 1.54) is 31.4 Å². The van der Waals surface area contributed by atoms with Gasteiger partial charge in [0, 0.05) is 5.92 Å². The molecule has 2 aliphatic carbocycles. The fourth-order valence-corrected chi connectivity index (χ4v) is 5.17. The maximum Gasteiger partial charge on any atom is 0.404 e. The van der Waals surface area contributed by atoms with Crippen LogP contribution < -0.4 is 9.64 Å². The van der Waals surface area contributed by atoms with Crippen molar-refractivity contribution in [1.29, 1.82) is 0 Å². The minimum atomic E-state index is -4.78. The predicted octanol–water partition coefficient (Wildman–Crippen LogP) is 3.72. The van der Waals surface area contributed by atoms with Crippen molar-refractivity contribution >= 4 is 17.5 Å². The van der Waals surface area contributed by atoms with Crippen LogP contribution in [0.5, 0.6) is 5.75 Å². The van der Waals surface area contributed by atoms with Gasteiger partial charge in [0.25, 0.3) is 5.91 Å². The highest BCUT2D eigenvalue weighted by Gasteiger charge is 2.81. The van der Waals surface area contributed by atoms with E-state index in [9.17, 15) is 22.8 Å². The quantitative estimate of drug-likeness (QED) is 0.593. The van der Waals surface area contributed by atoms with E-state index in [0.29, 0.717) is 11.3 Å². The van der Waals surface area contributed by atoms with Crippen molar-refractivity contribution in [3.63, 3.8) is 0 Å². The van der Waals surface area contributed by atoms with Crippen LogP contribution in [0.15, 0.2) is 35.4 Å².